The Morgan fingerprint density at radius 1 is 1.30 bits per heavy atom. The van der Waals surface area contributed by atoms with Crippen LogP contribution in [0.3, 0.4) is 0 Å². The zero-order valence-electron chi connectivity index (χ0n) is 13.8. The maximum atomic E-state index is 10.8. The van der Waals surface area contributed by atoms with Gasteiger partial charge in [0.25, 0.3) is 0 Å². The van der Waals surface area contributed by atoms with Crippen LogP contribution in [0.25, 0.3) is 0 Å². The molecule has 0 aliphatic carbocycles. The Morgan fingerprint density at radius 2 is 1.80 bits per heavy atom. The van der Waals surface area contributed by atoms with Crippen molar-refractivity contribution in [1.29, 1.82) is 0 Å². The van der Waals surface area contributed by atoms with Gasteiger partial charge in [-0.25, -0.2) is 9.59 Å². The number of nitrogens with one attached hydrogen (secondary N) is 2. The van der Waals surface area contributed by atoms with Gasteiger partial charge in [-0.15, -0.1) is 0 Å². The van der Waals surface area contributed by atoms with Crippen molar-refractivity contribution in [3.8, 4) is 0 Å². The number of carbonyl (C=O) groups is 2. The topological polar surface area (TPSA) is 83.0 Å². The fraction of sp³-hybridized carbons (Fsp3) is 0.769. The molecule has 0 heterocycles. The fourth-order valence-electron chi connectivity index (χ4n) is 0.701. The van der Waals surface area contributed by atoms with Gasteiger partial charge in [-0.1, -0.05) is 20.8 Å². The predicted octanol–water partition coefficient (Wildman–Crippen LogP) is 1.69. The minimum atomic E-state index is -0.580. The number of rotatable bonds is 2. The van der Waals surface area contributed by atoms with E-state index in [-0.39, 0.29) is 17.5 Å². The van der Waals surface area contributed by atoms with Crippen LogP contribution in [0.1, 0.15) is 27.7 Å². The van der Waals surface area contributed by atoms with E-state index in [1.807, 2.05) is 6.92 Å². The maximum Gasteiger partial charge on any atom is 0.434 e. The first kappa shape index (κ1) is 20.5. The Hall–Kier alpha value is -1.79. The average Bonchev–Trinajstić information content (AvgIpc) is 2.35. The summed E-state index contributed by atoms with van der Waals surface area (Å²) in [4.78, 5) is 26.1. The maximum absolute atomic E-state index is 10.8. The molecule has 0 fully saturated rings. The van der Waals surface area contributed by atoms with E-state index in [0.29, 0.717) is 0 Å². The quantitative estimate of drug-likeness (QED) is 0.598. The second-order valence-corrected chi connectivity index (χ2v) is 5.49. The van der Waals surface area contributed by atoms with Crippen LogP contribution >= 0.6 is 0 Å². The van der Waals surface area contributed by atoms with Crippen molar-refractivity contribution < 1.29 is 14.3 Å². The van der Waals surface area contributed by atoms with Gasteiger partial charge >= 0.3 is 12.1 Å². The summed E-state index contributed by atoms with van der Waals surface area (Å²) in [7, 11) is 6.44. The lowest BCUT2D eigenvalue weighted by atomic mass is 9.88. The molecule has 7 heteroatoms. The summed E-state index contributed by atoms with van der Waals surface area (Å²) in [5, 5.41) is 5.34. The average molecular weight is 288 g/mol. The van der Waals surface area contributed by atoms with E-state index in [1.54, 1.807) is 26.0 Å². The number of amides is 3. The van der Waals surface area contributed by atoms with Crippen LogP contribution in [-0.2, 0) is 4.74 Å². The third-order valence-corrected chi connectivity index (χ3v) is 2.44. The van der Waals surface area contributed by atoms with Gasteiger partial charge in [-0.2, -0.15) is 4.99 Å². The Balaban J connectivity index is 0. The van der Waals surface area contributed by atoms with Gasteiger partial charge in [0.2, 0.25) is 0 Å². The molecule has 0 radical (unpaired) electrons. The number of urea groups is 1. The number of methoxy groups -OCH3 is 1. The summed E-state index contributed by atoms with van der Waals surface area (Å²) in [6.07, 6.45) is 0.801. The third-order valence-electron chi connectivity index (χ3n) is 2.44. The molecule has 0 aromatic heterocycles. The van der Waals surface area contributed by atoms with Gasteiger partial charge < -0.3 is 20.3 Å². The molecule has 0 bridgehead atoms. The van der Waals surface area contributed by atoms with E-state index in [0.717, 1.165) is 0 Å². The SMILES string of the molecule is CNC(=O)NC(C)C(C)(C)C.COC(=O)N=CN(C)C. The van der Waals surface area contributed by atoms with Gasteiger partial charge in [0, 0.05) is 27.2 Å². The largest absolute Gasteiger partial charge is 0.451 e. The number of carbonyl (C=O) groups excluding carboxylic acids is 2. The minimum Gasteiger partial charge on any atom is -0.451 e. The molecular formula is C13H28N4O3. The number of nitrogens with zero attached hydrogens (tertiary/aromatic N) is 2. The van der Waals surface area contributed by atoms with Crippen molar-refractivity contribution in [2.24, 2.45) is 10.4 Å². The molecule has 0 saturated heterocycles. The summed E-state index contributed by atoms with van der Waals surface area (Å²) in [6, 6.07) is 0.0647. The molecule has 0 spiro atoms. The first-order chi connectivity index (χ1) is 9.04. The van der Waals surface area contributed by atoms with Crippen molar-refractivity contribution in [3.05, 3.63) is 0 Å². The third kappa shape index (κ3) is 12.7. The van der Waals surface area contributed by atoms with Crippen LogP contribution < -0.4 is 10.6 Å². The van der Waals surface area contributed by atoms with Crippen molar-refractivity contribution in [1.82, 2.24) is 15.5 Å². The molecule has 0 aromatic carbocycles. The van der Waals surface area contributed by atoms with E-state index in [1.165, 1.54) is 13.4 Å². The van der Waals surface area contributed by atoms with Crippen molar-refractivity contribution in [3.63, 3.8) is 0 Å². The number of ether oxygens (including phenoxy) is 1. The Morgan fingerprint density at radius 3 is 2.10 bits per heavy atom. The second kappa shape index (κ2) is 10.1. The molecule has 7 nitrogen and oxygen atoms in total. The van der Waals surface area contributed by atoms with Gasteiger partial charge in [0.05, 0.1) is 13.4 Å². The molecule has 3 amide bonds. The van der Waals surface area contributed by atoms with E-state index in [9.17, 15) is 9.59 Å². The molecule has 0 saturated carbocycles. The highest BCUT2D eigenvalue weighted by atomic mass is 16.5. The molecule has 1 unspecified atom stereocenters. The van der Waals surface area contributed by atoms with Crippen LogP contribution in [0.5, 0.6) is 0 Å². The van der Waals surface area contributed by atoms with Crippen molar-refractivity contribution >= 4 is 18.5 Å². The zero-order valence-corrected chi connectivity index (χ0v) is 13.8. The normalized spacial score (nSPS) is 12.0. The standard InChI is InChI=1S/C8H18N2O.C5H10N2O2/c1-6(8(2,3)4)10-7(11)9-5;1-7(2)4-6-5(8)9-3/h6H,1-5H3,(H2,9,10,11);4H,1-3H3. The summed E-state index contributed by atoms with van der Waals surface area (Å²) >= 11 is 0. The molecule has 1 atom stereocenters. The Kier molecular flexibility index (Phi) is 10.3. The number of hydrogen-bond donors (Lipinski definition) is 2. The van der Waals surface area contributed by atoms with Crippen LogP contribution in [0.4, 0.5) is 9.59 Å². The van der Waals surface area contributed by atoms with Gasteiger partial charge in [0.15, 0.2) is 0 Å². The summed E-state index contributed by atoms with van der Waals surface area (Å²) < 4.78 is 4.24. The second-order valence-electron chi connectivity index (χ2n) is 5.49. The smallest absolute Gasteiger partial charge is 0.434 e. The van der Waals surface area contributed by atoms with Crippen molar-refractivity contribution in [2.75, 3.05) is 28.3 Å². The molecule has 2 N–H and O–H groups in total. The monoisotopic (exact) mass is 288 g/mol. The van der Waals surface area contributed by atoms with Gasteiger partial charge in [-0.3, -0.25) is 0 Å². The molecule has 118 valence electrons. The molecule has 0 aliphatic rings. The van der Waals surface area contributed by atoms with Crippen LogP contribution in [0.15, 0.2) is 4.99 Å². The molecule has 0 aliphatic heterocycles. The van der Waals surface area contributed by atoms with Gasteiger partial charge in [-0.05, 0) is 12.3 Å². The predicted molar refractivity (Wildman–Crippen MR) is 81.1 cm³/mol. The number of hydrogen-bond acceptors (Lipinski definition) is 3. The Bertz CT molecular complexity index is 322. The van der Waals surface area contributed by atoms with E-state index < -0.39 is 6.09 Å². The molecule has 0 rings (SSSR count). The van der Waals surface area contributed by atoms with E-state index >= 15 is 0 Å². The highest BCUT2D eigenvalue weighted by Crippen LogP contribution is 2.17. The van der Waals surface area contributed by atoms with Gasteiger partial charge in [0.1, 0.15) is 0 Å². The lowest BCUT2D eigenvalue weighted by molar-refractivity contribution is 0.182. The molecular weight excluding hydrogens is 260 g/mol. The fourth-order valence-corrected chi connectivity index (χ4v) is 0.701. The highest BCUT2D eigenvalue weighted by molar-refractivity contribution is 5.78. The Labute approximate surface area is 121 Å². The minimum absolute atomic E-state index is 0.118. The van der Waals surface area contributed by atoms with Crippen LogP contribution in [0, 0.1) is 5.41 Å². The van der Waals surface area contributed by atoms with E-state index in [2.05, 4.69) is 41.1 Å². The molecule has 0 aromatic rings. The van der Waals surface area contributed by atoms with E-state index in [4.69, 9.17) is 0 Å². The zero-order chi connectivity index (χ0) is 16.3. The number of aliphatic imine (C=N–C) groups is 1. The molecule has 20 heavy (non-hydrogen) atoms. The summed E-state index contributed by atoms with van der Waals surface area (Å²) in [5.74, 6) is 0. The highest BCUT2D eigenvalue weighted by Gasteiger charge is 2.20. The lowest BCUT2D eigenvalue weighted by Crippen LogP contribution is -2.45. The summed E-state index contributed by atoms with van der Waals surface area (Å²) in [5.41, 5.74) is 0.118. The summed E-state index contributed by atoms with van der Waals surface area (Å²) in [6.45, 7) is 8.27. The van der Waals surface area contributed by atoms with Crippen LogP contribution in [0.2, 0.25) is 0 Å². The van der Waals surface area contributed by atoms with Crippen molar-refractivity contribution in [2.45, 2.75) is 33.7 Å². The van der Waals surface area contributed by atoms with Crippen LogP contribution in [-0.4, -0.2) is 57.7 Å². The lowest BCUT2D eigenvalue weighted by Gasteiger charge is -2.27. The first-order valence-corrected chi connectivity index (χ1v) is 6.31. The first-order valence-electron chi connectivity index (χ1n) is 6.31.